The summed E-state index contributed by atoms with van der Waals surface area (Å²) in [5.74, 6) is 0.481. The van der Waals surface area contributed by atoms with Crippen LogP contribution in [0.25, 0.3) is 11.3 Å². The Labute approximate surface area is 164 Å². The number of nitrogens with one attached hydrogen (secondary N) is 2. The fraction of sp³-hybridized carbons (Fsp3) is 0.227. The van der Waals surface area contributed by atoms with Crippen molar-refractivity contribution in [2.75, 3.05) is 6.61 Å². The van der Waals surface area contributed by atoms with E-state index in [1.54, 1.807) is 6.07 Å². The number of hydrogen-bond acceptors (Lipinski definition) is 4. The monoisotopic (exact) mass is 376 g/mol. The predicted octanol–water partition coefficient (Wildman–Crippen LogP) is 4.33. The van der Waals surface area contributed by atoms with Crippen LogP contribution in [0.3, 0.4) is 0 Å². The van der Waals surface area contributed by atoms with Crippen LogP contribution in [0.5, 0.6) is 5.75 Å². The van der Waals surface area contributed by atoms with E-state index in [2.05, 4.69) is 20.7 Å². The summed E-state index contributed by atoms with van der Waals surface area (Å²) in [6.07, 6.45) is 0.686. The molecule has 0 bridgehead atoms. The molecule has 1 aromatic heterocycles. The maximum absolute atomic E-state index is 12.4. The van der Waals surface area contributed by atoms with E-state index < -0.39 is 0 Å². The zero-order valence-corrected chi connectivity index (χ0v) is 16.3. The van der Waals surface area contributed by atoms with Crippen LogP contribution in [0.2, 0.25) is 0 Å². The molecule has 6 heteroatoms. The van der Waals surface area contributed by atoms with Gasteiger partial charge in [0.1, 0.15) is 11.4 Å². The first-order valence-electron chi connectivity index (χ1n) is 9.33. The number of amides is 1. The Kier molecular flexibility index (Phi) is 6.22. The van der Waals surface area contributed by atoms with Gasteiger partial charge in [-0.25, -0.2) is 5.43 Å². The second kappa shape index (κ2) is 8.99. The van der Waals surface area contributed by atoms with Gasteiger partial charge in [0.05, 0.1) is 18.0 Å². The van der Waals surface area contributed by atoms with Gasteiger partial charge in [0.15, 0.2) is 0 Å². The number of H-pyrrole nitrogens is 1. The van der Waals surface area contributed by atoms with E-state index >= 15 is 0 Å². The number of ether oxygens (including phenoxy) is 1. The number of aromatic nitrogens is 2. The van der Waals surface area contributed by atoms with Crippen LogP contribution in [0, 0.1) is 6.92 Å². The Balaban J connectivity index is 1.70. The van der Waals surface area contributed by atoms with Gasteiger partial charge >= 0.3 is 0 Å². The van der Waals surface area contributed by atoms with Crippen molar-refractivity contribution in [3.05, 3.63) is 71.4 Å². The molecular formula is C22H24N4O2. The average molecular weight is 376 g/mol. The lowest BCUT2D eigenvalue weighted by Gasteiger charge is -2.07. The van der Waals surface area contributed by atoms with E-state index in [-0.39, 0.29) is 5.91 Å². The quantitative estimate of drug-likeness (QED) is 0.476. The van der Waals surface area contributed by atoms with Crippen molar-refractivity contribution in [2.24, 2.45) is 5.10 Å². The first-order chi connectivity index (χ1) is 13.6. The van der Waals surface area contributed by atoms with Gasteiger partial charge in [-0.1, -0.05) is 36.8 Å². The molecule has 0 saturated carbocycles. The number of benzene rings is 2. The molecule has 0 fully saturated rings. The van der Waals surface area contributed by atoms with Gasteiger partial charge in [-0.15, -0.1) is 0 Å². The highest BCUT2D eigenvalue weighted by atomic mass is 16.5. The second-order valence-electron chi connectivity index (χ2n) is 6.34. The molecule has 0 saturated heterocycles. The van der Waals surface area contributed by atoms with Crippen molar-refractivity contribution >= 4 is 11.6 Å². The lowest BCUT2D eigenvalue weighted by molar-refractivity contribution is 0.0950. The molecule has 0 atom stereocenters. The number of aromatic amines is 1. The summed E-state index contributed by atoms with van der Waals surface area (Å²) in [5, 5.41) is 11.3. The van der Waals surface area contributed by atoms with Crippen molar-refractivity contribution in [1.29, 1.82) is 0 Å². The van der Waals surface area contributed by atoms with Gasteiger partial charge < -0.3 is 4.74 Å². The average Bonchev–Trinajstić information content (AvgIpc) is 3.20. The summed E-state index contributed by atoms with van der Waals surface area (Å²) < 4.78 is 5.45. The minimum absolute atomic E-state index is 0.331. The van der Waals surface area contributed by atoms with E-state index in [0.29, 0.717) is 18.7 Å². The fourth-order valence-electron chi connectivity index (χ4n) is 2.75. The highest BCUT2D eigenvalue weighted by molar-refractivity contribution is 6.02. The molecule has 1 amide bonds. The largest absolute Gasteiger partial charge is 0.494 e. The number of hydrazone groups is 1. The number of rotatable bonds is 7. The molecule has 0 aliphatic carbocycles. The van der Waals surface area contributed by atoms with Crippen LogP contribution in [0.4, 0.5) is 0 Å². The van der Waals surface area contributed by atoms with E-state index in [1.165, 1.54) is 5.56 Å². The Morgan fingerprint density at radius 1 is 1.11 bits per heavy atom. The third kappa shape index (κ3) is 4.65. The lowest BCUT2D eigenvalue weighted by atomic mass is 10.1. The fourth-order valence-corrected chi connectivity index (χ4v) is 2.75. The number of carbonyl (C=O) groups excluding carboxylic acids is 1. The molecule has 2 N–H and O–H groups in total. The standard InChI is InChI=1S/C22H24N4O2/c1-4-19(16-10-12-18(13-11-16)28-5-2)23-26-22(27)21-14-20(24-25-21)17-8-6-15(3)7-9-17/h6-14H,4-5H2,1-3H3,(H,24,25)(H,26,27)/b23-19-. The summed E-state index contributed by atoms with van der Waals surface area (Å²) in [7, 11) is 0. The minimum Gasteiger partial charge on any atom is -0.494 e. The summed E-state index contributed by atoms with van der Waals surface area (Å²) >= 11 is 0. The number of nitrogens with zero attached hydrogens (tertiary/aromatic N) is 2. The maximum atomic E-state index is 12.4. The van der Waals surface area contributed by atoms with Crippen LogP contribution in [-0.4, -0.2) is 28.4 Å². The molecule has 3 rings (SSSR count). The van der Waals surface area contributed by atoms with Gasteiger partial charge in [0.2, 0.25) is 0 Å². The van der Waals surface area contributed by atoms with Crippen molar-refractivity contribution < 1.29 is 9.53 Å². The molecular weight excluding hydrogens is 352 g/mol. The second-order valence-corrected chi connectivity index (χ2v) is 6.34. The third-order valence-corrected chi connectivity index (χ3v) is 4.30. The van der Waals surface area contributed by atoms with E-state index in [4.69, 9.17) is 4.74 Å². The maximum Gasteiger partial charge on any atom is 0.289 e. The molecule has 2 aromatic carbocycles. The molecule has 1 heterocycles. The molecule has 0 unspecified atom stereocenters. The van der Waals surface area contributed by atoms with E-state index in [9.17, 15) is 4.79 Å². The highest BCUT2D eigenvalue weighted by Gasteiger charge is 2.11. The van der Waals surface area contributed by atoms with Crippen LogP contribution >= 0.6 is 0 Å². The van der Waals surface area contributed by atoms with Crippen LogP contribution in [0.15, 0.2) is 59.7 Å². The van der Waals surface area contributed by atoms with Crippen molar-refractivity contribution in [3.8, 4) is 17.0 Å². The summed E-state index contributed by atoms with van der Waals surface area (Å²) in [4.78, 5) is 12.4. The van der Waals surface area contributed by atoms with Crippen LogP contribution in [-0.2, 0) is 0 Å². The molecule has 0 spiro atoms. The first-order valence-corrected chi connectivity index (χ1v) is 9.33. The van der Waals surface area contributed by atoms with Crippen molar-refractivity contribution in [2.45, 2.75) is 27.2 Å². The molecule has 0 aliphatic rings. The molecule has 0 radical (unpaired) electrons. The van der Waals surface area contributed by atoms with Crippen molar-refractivity contribution in [3.63, 3.8) is 0 Å². The zero-order chi connectivity index (χ0) is 19.9. The minimum atomic E-state index is -0.331. The van der Waals surface area contributed by atoms with Crippen molar-refractivity contribution in [1.82, 2.24) is 15.6 Å². The van der Waals surface area contributed by atoms with E-state index in [0.717, 1.165) is 28.3 Å². The van der Waals surface area contributed by atoms with Gasteiger partial charge in [0.25, 0.3) is 5.91 Å². The van der Waals surface area contributed by atoms with E-state index in [1.807, 2.05) is 69.3 Å². The van der Waals surface area contributed by atoms with Gasteiger partial charge in [0, 0.05) is 5.56 Å². The normalized spacial score (nSPS) is 11.3. The van der Waals surface area contributed by atoms with Crippen LogP contribution < -0.4 is 10.2 Å². The number of aryl methyl sites for hydroxylation is 1. The lowest BCUT2D eigenvalue weighted by Crippen LogP contribution is -2.20. The molecule has 6 nitrogen and oxygen atoms in total. The number of carbonyl (C=O) groups is 1. The third-order valence-electron chi connectivity index (χ3n) is 4.30. The summed E-state index contributed by atoms with van der Waals surface area (Å²) in [6.45, 7) is 6.59. The first kappa shape index (κ1) is 19.4. The zero-order valence-electron chi connectivity index (χ0n) is 16.3. The summed E-state index contributed by atoms with van der Waals surface area (Å²) in [5.41, 5.74) is 7.54. The van der Waals surface area contributed by atoms with Gasteiger partial charge in [-0.3, -0.25) is 9.89 Å². The number of hydrogen-bond donors (Lipinski definition) is 2. The predicted molar refractivity (Wildman–Crippen MR) is 111 cm³/mol. The Morgan fingerprint density at radius 3 is 2.46 bits per heavy atom. The summed E-state index contributed by atoms with van der Waals surface area (Å²) in [6, 6.07) is 17.4. The van der Waals surface area contributed by atoms with Gasteiger partial charge in [-0.2, -0.15) is 10.2 Å². The van der Waals surface area contributed by atoms with Gasteiger partial charge in [-0.05, 0) is 56.2 Å². The topological polar surface area (TPSA) is 79.4 Å². The Hall–Kier alpha value is -3.41. The molecule has 0 aliphatic heterocycles. The van der Waals surface area contributed by atoms with Crippen LogP contribution in [0.1, 0.15) is 41.9 Å². The highest BCUT2D eigenvalue weighted by Crippen LogP contribution is 2.18. The molecule has 144 valence electrons. The SMILES string of the molecule is CCOc1ccc(/C(CC)=N\NC(=O)c2cc(-c3ccc(C)cc3)n[nH]2)cc1. The molecule has 28 heavy (non-hydrogen) atoms. The Morgan fingerprint density at radius 2 is 1.82 bits per heavy atom. The smallest absolute Gasteiger partial charge is 0.289 e. The Bertz CT molecular complexity index is 957. The molecule has 3 aromatic rings.